The molecule has 16 heavy (non-hydrogen) atoms. The van der Waals surface area contributed by atoms with Crippen molar-refractivity contribution in [1.29, 1.82) is 0 Å². The number of aliphatic hydroxyl groups excluding tert-OH is 1. The number of piperazine rings is 1. The smallest absolute Gasteiger partial charge is 0.0957 e. The Morgan fingerprint density at radius 2 is 1.25 bits per heavy atom. The molecule has 2 heterocycles. The fraction of sp³-hybridized carbons (Fsp3) is 1.00. The van der Waals surface area contributed by atoms with Gasteiger partial charge in [0.2, 0.25) is 0 Å². The van der Waals surface area contributed by atoms with Gasteiger partial charge >= 0.3 is 0 Å². The van der Waals surface area contributed by atoms with E-state index in [2.05, 4.69) is 14.7 Å². The van der Waals surface area contributed by atoms with Gasteiger partial charge in [-0.1, -0.05) is 0 Å². The summed E-state index contributed by atoms with van der Waals surface area (Å²) in [6.45, 7) is 10.6. The van der Waals surface area contributed by atoms with Gasteiger partial charge in [-0.2, -0.15) is 0 Å². The monoisotopic (exact) mass is 229 g/mol. The largest absolute Gasteiger partial charge is 0.381 e. The summed E-state index contributed by atoms with van der Waals surface area (Å²) in [4.78, 5) is 7.05. The van der Waals surface area contributed by atoms with Crippen molar-refractivity contribution in [3.63, 3.8) is 0 Å². The zero-order valence-corrected chi connectivity index (χ0v) is 9.98. The molecule has 5 nitrogen and oxygen atoms in total. The molecule has 0 radical (unpaired) electrons. The van der Waals surface area contributed by atoms with Crippen LogP contribution in [0.3, 0.4) is 0 Å². The van der Waals surface area contributed by atoms with E-state index in [-0.39, 0.29) is 6.73 Å². The number of hydrogen-bond acceptors (Lipinski definition) is 5. The molecule has 2 rings (SSSR count). The Bertz CT molecular complexity index is 190. The Morgan fingerprint density at radius 3 is 1.81 bits per heavy atom. The number of rotatable bonds is 4. The highest BCUT2D eigenvalue weighted by atomic mass is 16.5. The predicted molar refractivity (Wildman–Crippen MR) is 62.4 cm³/mol. The zero-order valence-electron chi connectivity index (χ0n) is 9.98. The zero-order chi connectivity index (χ0) is 11.2. The van der Waals surface area contributed by atoms with E-state index in [0.717, 1.165) is 65.6 Å². The Balaban J connectivity index is 1.59. The predicted octanol–water partition coefficient (Wildman–Crippen LogP) is -1.11. The fourth-order valence-corrected chi connectivity index (χ4v) is 2.26. The maximum absolute atomic E-state index is 9.00. The van der Waals surface area contributed by atoms with Gasteiger partial charge in [0, 0.05) is 52.4 Å². The summed E-state index contributed by atoms with van der Waals surface area (Å²) in [5.74, 6) is 0. The molecule has 0 aromatic carbocycles. The van der Waals surface area contributed by atoms with Gasteiger partial charge < -0.3 is 9.84 Å². The molecule has 0 aromatic heterocycles. The summed E-state index contributed by atoms with van der Waals surface area (Å²) in [6, 6.07) is 0. The fourth-order valence-electron chi connectivity index (χ4n) is 2.26. The molecule has 1 N–H and O–H groups in total. The van der Waals surface area contributed by atoms with Crippen molar-refractivity contribution >= 4 is 0 Å². The first kappa shape index (κ1) is 12.3. The van der Waals surface area contributed by atoms with E-state index in [0.29, 0.717) is 0 Å². The summed E-state index contributed by atoms with van der Waals surface area (Å²) in [6.07, 6.45) is 0. The second kappa shape index (κ2) is 6.51. The molecule has 0 unspecified atom stereocenters. The topological polar surface area (TPSA) is 39.2 Å². The molecule has 2 aliphatic heterocycles. The highest BCUT2D eigenvalue weighted by molar-refractivity contribution is 4.72. The average molecular weight is 229 g/mol. The molecule has 0 aliphatic carbocycles. The van der Waals surface area contributed by atoms with Gasteiger partial charge in [-0.3, -0.25) is 14.7 Å². The summed E-state index contributed by atoms with van der Waals surface area (Å²) >= 11 is 0. The standard InChI is InChI=1S/C11H23N3O2/c15-11-14-5-3-12(4-6-14)1-2-13-7-9-16-10-8-13/h15H,1-11H2. The molecule has 0 amide bonds. The van der Waals surface area contributed by atoms with Crippen LogP contribution in [0.5, 0.6) is 0 Å². The first-order chi connectivity index (χ1) is 7.88. The van der Waals surface area contributed by atoms with Crippen molar-refractivity contribution in [2.45, 2.75) is 0 Å². The molecule has 2 aliphatic rings. The van der Waals surface area contributed by atoms with Gasteiger partial charge in [-0.15, -0.1) is 0 Å². The number of ether oxygens (including phenoxy) is 1. The van der Waals surface area contributed by atoms with Gasteiger partial charge in [-0.05, 0) is 0 Å². The maximum Gasteiger partial charge on any atom is 0.0957 e. The summed E-state index contributed by atoms with van der Waals surface area (Å²) in [5.41, 5.74) is 0. The van der Waals surface area contributed by atoms with Crippen molar-refractivity contribution in [3.05, 3.63) is 0 Å². The summed E-state index contributed by atoms with van der Waals surface area (Å²) in [5, 5.41) is 9.00. The number of aliphatic hydroxyl groups is 1. The molecule has 2 fully saturated rings. The van der Waals surface area contributed by atoms with Crippen LogP contribution in [0.25, 0.3) is 0 Å². The summed E-state index contributed by atoms with van der Waals surface area (Å²) in [7, 11) is 0. The highest BCUT2D eigenvalue weighted by Crippen LogP contribution is 2.02. The number of morpholine rings is 1. The van der Waals surface area contributed by atoms with Crippen LogP contribution in [-0.4, -0.2) is 92.1 Å². The first-order valence-electron chi connectivity index (χ1n) is 6.24. The third-order valence-corrected chi connectivity index (χ3v) is 3.50. The Kier molecular flexibility index (Phi) is 4.99. The molecule has 0 bridgehead atoms. The van der Waals surface area contributed by atoms with E-state index < -0.39 is 0 Å². The van der Waals surface area contributed by atoms with Crippen molar-refractivity contribution in [2.24, 2.45) is 0 Å². The molecule has 2 saturated heterocycles. The van der Waals surface area contributed by atoms with Crippen molar-refractivity contribution in [2.75, 3.05) is 72.3 Å². The first-order valence-corrected chi connectivity index (χ1v) is 6.24. The lowest BCUT2D eigenvalue weighted by atomic mass is 10.3. The lowest BCUT2D eigenvalue weighted by Gasteiger charge is -2.35. The molecular formula is C11H23N3O2. The number of nitrogens with zero attached hydrogens (tertiary/aromatic N) is 3. The van der Waals surface area contributed by atoms with Crippen LogP contribution in [-0.2, 0) is 4.74 Å². The minimum atomic E-state index is 0.206. The number of hydrogen-bond donors (Lipinski definition) is 1. The molecule has 0 spiro atoms. The summed E-state index contributed by atoms with van der Waals surface area (Å²) < 4.78 is 5.33. The third-order valence-electron chi connectivity index (χ3n) is 3.50. The minimum Gasteiger partial charge on any atom is -0.381 e. The molecule has 0 aromatic rings. The maximum atomic E-state index is 9.00. The quantitative estimate of drug-likeness (QED) is 0.661. The van der Waals surface area contributed by atoms with Gasteiger partial charge in [0.15, 0.2) is 0 Å². The van der Waals surface area contributed by atoms with E-state index in [9.17, 15) is 0 Å². The van der Waals surface area contributed by atoms with Gasteiger partial charge in [-0.25, -0.2) is 0 Å². The van der Waals surface area contributed by atoms with Crippen LogP contribution in [0.1, 0.15) is 0 Å². The molecule has 94 valence electrons. The van der Waals surface area contributed by atoms with Crippen LogP contribution in [0.2, 0.25) is 0 Å². The SMILES string of the molecule is OCN1CCN(CCN2CCOCC2)CC1. The van der Waals surface area contributed by atoms with E-state index >= 15 is 0 Å². The van der Waals surface area contributed by atoms with E-state index in [1.54, 1.807) is 0 Å². The highest BCUT2D eigenvalue weighted by Gasteiger charge is 2.17. The minimum absolute atomic E-state index is 0.206. The second-order valence-electron chi connectivity index (χ2n) is 4.56. The van der Waals surface area contributed by atoms with Crippen LogP contribution >= 0.6 is 0 Å². The van der Waals surface area contributed by atoms with E-state index in [1.165, 1.54) is 0 Å². The van der Waals surface area contributed by atoms with Crippen LogP contribution in [0.15, 0.2) is 0 Å². The van der Waals surface area contributed by atoms with E-state index in [4.69, 9.17) is 9.84 Å². The van der Waals surface area contributed by atoms with Gasteiger partial charge in [0.05, 0.1) is 19.9 Å². The molecule has 0 atom stereocenters. The van der Waals surface area contributed by atoms with Gasteiger partial charge in [0.25, 0.3) is 0 Å². The lowest BCUT2D eigenvalue weighted by molar-refractivity contribution is 0.0231. The third kappa shape index (κ3) is 3.68. The van der Waals surface area contributed by atoms with Crippen molar-refractivity contribution in [1.82, 2.24) is 14.7 Å². The van der Waals surface area contributed by atoms with Gasteiger partial charge in [0.1, 0.15) is 0 Å². The van der Waals surface area contributed by atoms with E-state index in [1.807, 2.05) is 0 Å². The Morgan fingerprint density at radius 1 is 0.750 bits per heavy atom. The molecule has 5 heteroatoms. The Labute approximate surface area is 97.6 Å². The lowest BCUT2D eigenvalue weighted by Crippen LogP contribution is -2.49. The average Bonchev–Trinajstić information content (AvgIpc) is 2.38. The molecule has 0 saturated carbocycles. The van der Waals surface area contributed by atoms with Crippen molar-refractivity contribution < 1.29 is 9.84 Å². The normalized spacial score (nSPS) is 26.1. The second-order valence-corrected chi connectivity index (χ2v) is 4.56. The van der Waals surface area contributed by atoms with Crippen LogP contribution in [0, 0.1) is 0 Å². The van der Waals surface area contributed by atoms with Crippen LogP contribution in [0.4, 0.5) is 0 Å². The molecular weight excluding hydrogens is 206 g/mol. The van der Waals surface area contributed by atoms with Crippen LogP contribution < -0.4 is 0 Å². The van der Waals surface area contributed by atoms with Crippen molar-refractivity contribution in [3.8, 4) is 0 Å². The Hall–Kier alpha value is -0.200.